The second-order valence-electron chi connectivity index (χ2n) is 7.75. The molecule has 0 amide bonds. The van der Waals surface area contributed by atoms with Gasteiger partial charge in [0.05, 0.1) is 6.10 Å². The largest absolute Gasteiger partial charge is 0.508 e. The molecule has 0 aliphatic heterocycles. The lowest BCUT2D eigenvalue weighted by molar-refractivity contribution is -0.0305. The molecule has 0 heterocycles. The second kappa shape index (κ2) is 4.74. The van der Waals surface area contributed by atoms with Crippen molar-refractivity contribution in [2.75, 3.05) is 0 Å². The van der Waals surface area contributed by atoms with Crippen LogP contribution in [0, 0.1) is 23.2 Å². The van der Waals surface area contributed by atoms with Gasteiger partial charge in [-0.2, -0.15) is 0 Å². The van der Waals surface area contributed by atoms with Crippen LogP contribution in [0.15, 0.2) is 35.1 Å². The van der Waals surface area contributed by atoms with Gasteiger partial charge in [0.2, 0.25) is 0 Å². The summed E-state index contributed by atoms with van der Waals surface area (Å²) in [5.74, 6) is 2.53. The minimum atomic E-state index is -0.0887. The smallest absolute Gasteiger partial charge is 0.112 e. The maximum Gasteiger partial charge on any atom is 0.112 e. The average molecular weight is 286 g/mol. The van der Waals surface area contributed by atoms with Crippen molar-refractivity contribution >= 4 is 0 Å². The minimum Gasteiger partial charge on any atom is -0.508 e. The van der Waals surface area contributed by atoms with E-state index in [1.54, 1.807) is 0 Å². The van der Waals surface area contributed by atoms with Gasteiger partial charge in [-0.25, -0.2) is 0 Å². The number of fused-ring (bicyclic) bond motifs is 5. The lowest BCUT2D eigenvalue weighted by Crippen LogP contribution is -2.45. The summed E-state index contributed by atoms with van der Waals surface area (Å²) in [5.41, 5.74) is 3.04. The normalized spacial score (nSPS) is 45.5. The van der Waals surface area contributed by atoms with Crippen LogP contribution in [-0.4, -0.2) is 16.3 Å². The summed E-state index contributed by atoms with van der Waals surface area (Å²) in [6.07, 6.45) is 13.9. The number of aliphatic hydroxyl groups excluding tert-OH is 2. The Labute approximate surface area is 127 Å². The molecule has 0 saturated heterocycles. The Morgan fingerprint density at radius 1 is 1.14 bits per heavy atom. The minimum absolute atomic E-state index is 0.0887. The third kappa shape index (κ3) is 1.95. The fourth-order valence-corrected chi connectivity index (χ4v) is 5.74. The predicted octanol–water partition coefficient (Wildman–Crippen LogP) is 4.28. The molecule has 0 aromatic carbocycles. The van der Waals surface area contributed by atoms with E-state index in [4.69, 9.17) is 0 Å². The predicted molar refractivity (Wildman–Crippen MR) is 83.8 cm³/mol. The van der Waals surface area contributed by atoms with E-state index in [9.17, 15) is 10.2 Å². The first-order valence-electron chi connectivity index (χ1n) is 8.58. The van der Waals surface area contributed by atoms with Crippen LogP contribution < -0.4 is 0 Å². The van der Waals surface area contributed by atoms with Crippen LogP contribution in [0.25, 0.3) is 0 Å². The van der Waals surface area contributed by atoms with Gasteiger partial charge in [-0.05, 0) is 91.4 Å². The first kappa shape index (κ1) is 13.6. The molecule has 5 unspecified atom stereocenters. The van der Waals surface area contributed by atoms with Crippen molar-refractivity contribution in [2.45, 2.75) is 58.0 Å². The van der Waals surface area contributed by atoms with Crippen LogP contribution in [0.2, 0.25) is 0 Å². The molecule has 0 aromatic rings. The van der Waals surface area contributed by atoms with Crippen LogP contribution in [0.1, 0.15) is 51.9 Å². The molecule has 3 saturated carbocycles. The van der Waals surface area contributed by atoms with Gasteiger partial charge in [0.15, 0.2) is 0 Å². The van der Waals surface area contributed by atoms with Gasteiger partial charge >= 0.3 is 0 Å². The maximum atomic E-state index is 10.4. The standard InChI is InChI=1S/C19H26O2/c1-19-10-9-15-14-4-2-3-13(20)11-12(14)5-6-16(15)17(19)7-8-18(19)21/h3-4,11,15-18,20-21H,2,5-10H2,1H3. The van der Waals surface area contributed by atoms with Gasteiger partial charge < -0.3 is 10.2 Å². The molecule has 0 radical (unpaired) electrons. The first-order valence-corrected chi connectivity index (χ1v) is 8.58. The Morgan fingerprint density at radius 3 is 2.86 bits per heavy atom. The van der Waals surface area contributed by atoms with E-state index in [1.165, 1.54) is 30.4 Å². The van der Waals surface area contributed by atoms with E-state index < -0.39 is 0 Å². The summed E-state index contributed by atoms with van der Waals surface area (Å²) in [6, 6.07) is 0. The van der Waals surface area contributed by atoms with E-state index >= 15 is 0 Å². The van der Waals surface area contributed by atoms with Crippen molar-refractivity contribution in [1.29, 1.82) is 0 Å². The highest BCUT2D eigenvalue weighted by Gasteiger charge is 2.54. The maximum absolute atomic E-state index is 10.4. The molecule has 0 bridgehead atoms. The lowest BCUT2D eigenvalue weighted by Gasteiger charge is -2.50. The van der Waals surface area contributed by atoms with Gasteiger partial charge in [-0.1, -0.05) is 13.0 Å². The lowest BCUT2D eigenvalue weighted by atomic mass is 9.54. The number of allylic oxidation sites excluding steroid dienone is 5. The van der Waals surface area contributed by atoms with Crippen LogP contribution >= 0.6 is 0 Å². The van der Waals surface area contributed by atoms with E-state index in [2.05, 4.69) is 13.0 Å². The van der Waals surface area contributed by atoms with Crippen LogP contribution in [0.3, 0.4) is 0 Å². The highest BCUT2D eigenvalue weighted by molar-refractivity contribution is 5.42. The Morgan fingerprint density at radius 2 is 2.00 bits per heavy atom. The number of rotatable bonds is 0. The van der Waals surface area contributed by atoms with E-state index in [-0.39, 0.29) is 11.5 Å². The fourth-order valence-electron chi connectivity index (χ4n) is 5.74. The topological polar surface area (TPSA) is 40.5 Å². The van der Waals surface area contributed by atoms with Crippen molar-refractivity contribution < 1.29 is 10.2 Å². The Bertz CT molecular complexity index is 542. The third-order valence-corrected chi connectivity index (χ3v) is 6.89. The molecule has 21 heavy (non-hydrogen) atoms. The monoisotopic (exact) mass is 286 g/mol. The highest BCUT2D eigenvalue weighted by Crippen LogP contribution is 2.60. The van der Waals surface area contributed by atoms with Gasteiger partial charge in [0.1, 0.15) is 5.76 Å². The molecule has 3 fully saturated rings. The molecule has 4 rings (SSSR count). The van der Waals surface area contributed by atoms with Crippen LogP contribution in [-0.2, 0) is 0 Å². The van der Waals surface area contributed by atoms with Crippen molar-refractivity contribution in [1.82, 2.24) is 0 Å². The van der Waals surface area contributed by atoms with E-state index in [0.29, 0.717) is 17.6 Å². The van der Waals surface area contributed by atoms with E-state index in [0.717, 1.165) is 31.6 Å². The molecule has 114 valence electrons. The Balaban J connectivity index is 1.67. The summed E-state index contributed by atoms with van der Waals surface area (Å²) < 4.78 is 0. The van der Waals surface area contributed by atoms with Crippen LogP contribution in [0.5, 0.6) is 0 Å². The summed E-state index contributed by atoms with van der Waals surface area (Å²) >= 11 is 0. The molecule has 4 aliphatic carbocycles. The summed E-state index contributed by atoms with van der Waals surface area (Å²) in [7, 11) is 0. The Kier molecular flexibility index (Phi) is 3.08. The fraction of sp³-hybridized carbons (Fsp3) is 0.684. The molecule has 0 spiro atoms. The van der Waals surface area contributed by atoms with E-state index in [1.807, 2.05) is 12.2 Å². The summed E-state index contributed by atoms with van der Waals surface area (Å²) in [4.78, 5) is 0. The zero-order valence-electron chi connectivity index (χ0n) is 12.9. The molecular weight excluding hydrogens is 260 g/mol. The van der Waals surface area contributed by atoms with Gasteiger partial charge in [0.25, 0.3) is 0 Å². The van der Waals surface area contributed by atoms with Crippen molar-refractivity contribution in [2.24, 2.45) is 23.2 Å². The number of hydrogen-bond donors (Lipinski definition) is 2. The molecule has 5 atom stereocenters. The van der Waals surface area contributed by atoms with Gasteiger partial charge in [0, 0.05) is 0 Å². The molecule has 2 nitrogen and oxygen atoms in total. The Hall–Kier alpha value is -1.02. The third-order valence-electron chi connectivity index (χ3n) is 6.89. The van der Waals surface area contributed by atoms with Crippen molar-refractivity contribution in [3.8, 4) is 0 Å². The highest BCUT2D eigenvalue weighted by atomic mass is 16.3. The molecular formula is C19H26O2. The van der Waals surface area contributed by atoms with Gasteiger partial charge in [-0.15, -0.1) is 0 Å². The molecule has 2 N–H and O–H groups in total. The number of hydrogen-bond acceptors (Lipinski definition) is 2. The molecule has 2 heteroatoms. The number of aliphatic hydroxyl groups is 2. The molecule has 0 aromatic heterocycles. The second-order valence-corrected chi connectivity index (χ2v) is 7.75. The van der Waals surface area contributed by atoms with Crippen LogP contribution in [0.4, 0.5) is 0 Å². The average Bonchev–Trinajstić information content (AvgIpc) is 2.65. The zero-order chi connectivity index (χ0) is 14.6. The first-order chi connectivity index (χ1) is 10.1. The zero-order valence-corrected chi connectivity index (χ0v) is 12.9. The van der Waals surface area contributed by atoms with Crippen molar-refractivity contribution in [3.63, 3.8) is 0 Å². The SMILES string of the molecule is CC12CCC3C4=CCC=C(O)C=C4CCC3C1CCC2O. The van der Waals surface area contributed by atoms with Crippen molar-refractivity contribution in [3.05, 3.63) is 35.1 Å². The van der Waals surface area contributed by atoms with Gasteiger partial charge in [-0.3, -0.25) is 0 Å². The summed E-state index contributed by atoms with van der Waals surface area (Å²) in [6.45, 7) is 2.33. The summed E-state index contributed by atoms with van der Waals surface area (Å²) in [5, 5.41) is 20.3. The molecule has 4 aliphatic rings. The quantitative estimate of drug-likeness (QED) is 0.697.